The second-order valence-electron chi connectivity index (χ2n) is 12.1. The molecule has 0 aliphatic carbocycles. The highest BCUT2D eigenvalue weighted by atomic mass is 32.1. The molecule has 2 unspecified atom stereocenters. The highest BCUT2D eigenvalue weighted by molar-refractivity contribution is 7.07. The third kappa shape index (κ3) is 10.5. The predicted molar refractivity (Wildman–Crippen MR) is 170 cm³/mol. The van der Waals surface area contributed by atoms with Gasteiger partial charge in [0.1, 0.15) is 18.7 Å². The van der Waals surface area contributed by atoms with Gasteiger partial charge in [0.2, 0.25) is 5.91 Å². The summed E-state index contributed by atoms with van der Waals surface area (Å²) in [7, 11) is 0. The van der Waals surface area contributed by atoms with Crippen LogP contribution in [0.15, 0.2) is 10.9 Å². The molecule has 2 saturated heterocycles. The maximum absolute atomic E-state index is 14.0. The minimum absolute atomic E-state index is 0.0137. The summed E-state index contributed by atoms with van der Waals surface area (Å²) in [5.74, 6) is -2.71. The molecule has 4 N–H and O–H groups in total. The van der Waals surface area contributed by atoms with E-state index >= 15 is 0 Å². The van der Waals surface area contributed by atoms with Crippen LogP contribution in [-0.4, -0.2) is 83.0 Å². The number of likely N-dealkylation sites (tertiary alicyclic amines) is 1. The molecule has 3 heterocycles. The summed E-state index contributed by atoms with van der Waals surface area (Å²) in [6.45, 7) is 3.67. The standard InChI is InChI=1S/C32H51N5O7S/c1-3-4-5-6-7-8-9-10-11-12-13-14-18-43-26(38)20-34-30(41)32(28(39)27-23(2)44-31(42)36-27)16-15-17-37(32)29(40)25(33)19-24-21-45-22-35-24/h21-23,25,27H,3-20,33H2,1-2H3,(H,34,41)(H,36,42)/t23?,25-,27?,32+/m0/s1. The monoisotopic (exact) mass is 649 g/mol. The lowest BCUT2D eigenvalue weighted by Crippen LogP contribution is -2.68. The smallest absolute Gasteiger partial charge is 0.408 e. The molecule has 0 radical (unpaired) electrons. The van der Waals surface area contributed by atoms with Crippen LogP contribution in [0.3, 0.4) is 0 Å². The molecular formula is C32H51N5O7S. The summed E-state index contributed by atoms with van der Waals surface area (Å²) in [6.07, 6.45) is 13.2. The first-order chi connectivity index (χ1) is 21.7. The van der Waals surface area contributed by atoms with E-state index in [0.717, 1.165) is 19.3 Å². The number of ketones is 1. The van der Waals surface area contributed by atoms with Gasteiger partial charge in [-0.3, -0.25) is 19.2 Å². The summed E-state index contributed by atoms with van der Waals surface area (Å²) in [6, 6.07) is -2.19. The molecule has 12 nitrogen and oxygen atoms in total. The number of alkyl carbamates (subject to hydrolysis) is 1. The average molecular weight is 650 g/mol. The summed E-state index contributed by atoms with van der Waals surface area (Å²) >= 11 is 1.37. The van der Waals surface area contributed by atoms with Crippen LogP contribution in [0.1, 0.15) is 109 Å². The van der Waals surface area contributed by atoms with Crippen molar-refractivity contribution < 1.29 is 33.4 Å². The lowest BCUT2D eigenvalue weighted by atomic mass is 9.83. The highest BCUT2D eigenvalue weighted by Gasteiger charge is 2.59. The molecule has 4 atom stereocenters. The van der Waals surface area contributed by atoms with Crippen LogP contribution in [0.2, 0.25) is 0 Å². The zero-order valence-electron chi connectivity index (χ0n) is 26.9. The fourth-order valence-corrected chi connectivity index (χ4v) is 6.67. The van der Waals surface area contributed by atoms with Gasteiger partial charge in [0.25, 0.3) is 5.91 Å². The molecule has 0 spiro atoms. The maximum atomic E-state index is 14.0. The molecule has 2 fully saturated rings. The van der Waals surface area contributed by atoms with Crippen molar-refractivity contribution in [2.45, 2.75) is 134 Å². The number of cyclic esters (lactones) is 1. The number of thiazole rings is 1. The highest BCUT2D eigenvalue weighted by Crippen LogP contribution is 2.34. The maximum Gasteiger partial charge on any atom is 0.408 e. The van der Waals surface area contributed by atoms with Crippen LogP contribution < -0.4 is 16.4 Å². The lowest BCUT2D eigenvalue weighted by molar-refractivity contribution is -0.155. The number of nitrogens with zero attached hydrogens (tertiary/aromatic N) is 2. The van der Waals surface area contributed by atoms with Gasteiger partial charge in [-0.05, 0) is 26.2 Å². The van der Waals surface area contributed by atoms with Crippen molar-refractivity contribution in [2.75, 3.05) is 19.7 Å². The average Bonchev–Trinajstić information content (AvgIpc) is 3.78. The van der Waals surface area contributed by atoms with Gasteiger partial charge in [-0.2, -0.15) is 0 Å². The van der Waals surface area contributed by atoms with Gasteiger partial charge in [-0.25, -0.2) is 9.78 Å². The Balaban J connectivity index is 1.49. The number of ether oxygens (including phenoxy) is 2. The molecule has 3 rings (SSSR count). The minimum Gasteiger partial charge on any atom is -0.464 e. The number of Topliss-reactive ketones (excluding diaryl/α,β-unsaturated/α-hetero) is 1. The molecule has 252 valence electrons. The number of esters is 1. The van der Waals surface area contributed by atoms with Crippen molar-refractivity contribution in [2.24, 2.45) is 5.73 Å². The van der Waals surface area contributed by atoms with Gasteiger partial charge in [0.15, 0.2) is 11.3 Å². The van der Waals surface area contributed by atoms with E-state index in [-0.39, 0.29) is 26.0 Å². The molecule has 0 aromatic carbocycles. The predicted octanol–water partition coefficient (Wildman–Crippen LogP) is 3.80. The Morgan fingerprint density at radius 2 is 1.76 bits per heavy atom. The molecule has 3 amide bonds. The normalized spacial score (nSPS) is 21.7. The second-order valence-corrected chi connectivity index (χ2v) is 12.9. The zero-order chi connectivity index (χ0) is 32.7. The summed E-state index contributed by atoms with van der Waals surface area (Å²) < 4.78 is 10.4. The molecule has 45 heavy (non-hydrogen) atoms. The number of rotatable bonds is 21. The topological polar surface area (TPSA) is 170 Å². The molecule has 1 aromatic heterocycles. The Labute approximate surface area is 270 Å². The number of hydrogen-bond donors (Lipinski definition) is 3. The first kappa shape index (κ1) is 36.4. The van der Waals surface area contributed by atoms with Gasteiger partial charge in [-0.15, -0.1) is 11.3 Å². The van der Waals surface area contributed by atoms with E-state index in [2.05, 4.69) is 22.5 Å². The number of carbonyl (C=O) groups is 5. The first-order valence-electron chi connectivity index (χ1n) is 16.6. The van der Waals surface area contributed by atoms with E-state index < -0.39 is 59.9 Å². The third-order valence-electron chi connectivity index (χ3n) is 8.63. The Bertz CT molecular complexity index is 1120. The van der Waals surface area contributed by atoms with Crippen LogP contribution in [0, 0.1) is 0 Å². The summed E-state index contributed by atoms with van der Waals surface area (Å²) in [5.41, 5.74) is 6.53. The second kappa shape index (κ2) is 18.8. The summed E-state index contributed by atoms with van der Waals surface area (Å²) in [4.78, 5) is 71.0. The van der Waals surface area contributed by atoms with Crippen LogP contribution in [0.4, 0.5) is 4.79 Å². The van der Waals surface area contributed by atoms with E-state index in [0.29, 0.717) is 12.1 Å². The number of aromatic nitrogens is 1. The van der Waals surface area contributed by atoms with Gasteiger partial charge < -0.3 is 30.7 Å². The number of amides is 3. The van der Waals surface area contributed by atoms with E-state index in [1.807, 2.05) is 0 Å². The van der Waals surface area contributed by atoms with Crippen molar-refractivity contribution in [3.8, 4) is 0 Å². The van der Waals surface area contributed by atoms with Gasteiger partial charge >= 0.3 is 12.1 Å². The van der Waals surface area contributed by atoms with Crippen molar-refractivity contribution in [1.82, 2.24) is 20.5 Å². The SMILES string of the molecule is CCCCCCCCCCCCCCOC(=O)CNC(=O)[C@]1(C(=O)C2NC(=O)OC2C)CCCN1C(=O)[C@@H](N)Cc1cscn1. The van der Waals surface area contributed by atoms with Crippen LogP contribution >= 0.6 is 11.3 Å². The quantitative estimate of drug-likeness (QED) is 0.102. The summed E-state index contributed by atoms with van der Waals surface area (Å²) in [5, 5.41) is 6.76. The Kier molecular flexibility index (Phi) is 15.2. The van der Waals surface area contributed by atoms with E-state index in [1.165, 1.54) is 80.9 Å². The van der Waals surface area contributed by atoms with Crippen LogP contribution in [0.25, 0.3) is 0 Å². The van der Waals surface area contributed by atoms with E-state index in [9.17, 15) is 24.0 Å². The fraction of sp³-hybridized carbons (Fsp3) is 0.750. The van der Waals surface area contributed by atoms with Crippen molar-refractivity contribution in [1.29, 1.82) is 0 Å². The lowest BCUT2D eigenvalue weighted by Gasteiger charge is -2.38. The van der Waals surface area contributed by atoms with Crippen molar-refractivity contribution in [3.05, 3.63) is 16.6 Å². The Morgan fingerprint density at radius 1 is 1.11 bits per heavy atom. The van der Waals surface area contributed by atoms with Gasteiger partial charge in [0.05, 0.1) is 23.9 Å². The first-order valence-corrected chi connectivity index (χ1v) is 17.5. The Hall–Kier alpha value is -3.06. The fourth-order valence-electron chi connectivity index (χ4n) is 6.10. The van der Waals surface area contributed by atoms with E-state index in [1.54, 1.807) is 10.9 Å². The van der Waals surface area contributed by atoms with Gasteiger partial charge in [-0.1, -0.05) is 77.6 Å². The number of nitrogens with one attached hydrogen (secondary N) is 2. The van der Waals surface area contributed by atoms with Crippen LogP contribution in [-0.2, 0) is 35.1 Å². The third-order valence-corrected chi connectivity index (χ3v) is 9.27. The molecule has 1 aromatic rings. The molecule has 0 bridgehead atoms. The molecule has 0 saturated carbocycles. The van der Waals surface area contributed by atoms with E-state index in [4.69, 9.17) is 15.2 Å². The van der Waals surface area contributed by atoms with Crippen molar-refractivity contribution >= 4 is 41.0 Å². The Morgan fingerprint density at radius 3 is 2.33 bits per heavy atom. The number of nitrogens with two attached hydrogens (primary N) is 1. The number of hydrogen-bond acceptors (Lipinski definition) is 10. The van der Waals surface area contributed by atoms with Crippen molar-refractivity contribution in [3.63, 3.8) is 0 Å². The number of unbranched alkanes of at least 4 members (excludes halogenated alkanes) is 11. The van der Waals surface area contributed by atoms with Gasteiger partial charge in [0, 0.05) is 18.3 Å². The zero-order valence-corrected chi connectivity index (χ0v) is 27.7. The largest absolute Gasteiger partial charge is 0.464 e. The number of carbonyl (C=O) groups excluding carboxylic acids is 5. The molecule has 2 aliphatic heterocycles. The van der Waals surface area contributed by atoms with Crippen LogP contribution in [0.5, 0.6) is 0 Å². The molecule has 2 aliphatic rings. The molecular weight excluding hydrogens is 598 g/mol. The minimum atomic E-state index is -1.97. The molecule has 13 heteroatoms.